The molecule has 0 unspecified atom stereocenters. The number of rotatable bonds is 4. The monoisotopic (exact) mass is 308 g/mol. The lowest BCUT2D eigenvalue weighted by atomic mass is 9.98. The molecule has 4 nitrogen and oxygen atoms in total. The van der Waals surface area contributed by atoms with Crippen LogP contribution in [0.1, 0.15) is 29.9 Å². The van der Waals surface area contributed by atoms with Gasteiger partial charge in [-0.05, 0) is 35.1 Å². The number of hydrogen-bond acceptors (Lipinski definition) is 3. The predicted octanol–water partition coefficient (Wildman–Crippen LogP) is 3.02. The van der Waals surface area contributed by atoms with E-state index >= 15 is 0 Å². The van der Waals surface area contributed by atoms with Gasteiger partial charge in [-0.3, -0.25) is 0 Å². The predicted molar refractivity (Wildman–Crippen MR) is 89.2 cm³/mol. The molecule has 1 fully saturated rings. The third-order valence-electron chi connectivity index (χ3n) is 4.82. The van der Waals surface area contributed by atoms with E-state index < -0.39 is 0 Å². The molecule has 0 saturated heterocycles. The maximum Gasteiger partial charge on any atom is 0.407 e. The van der Waals surface area contributed by atoms with Gasteiger partial charge in [-0.1, -0.05) is 48.5 Å². The molecule has 118 valence electrons. The van der Waals surface area contributed by atoms with Gasteiger partial charge in [0.25, 0.3) is 0 Å². The third-order valence-corrected chi connectivity index (χ3v) is 4.82. The summed E-state index contributed by atoms with van der Waals surface area (Å²) in [6.07, 6.45) is 1.55. The Kier molecular flexibility index (Phi) is 3.34. The number of hydrogen-bond donors (Lipinski definition) is 2. The van der Waals surface area contributed by atoms with Gasteiger partial charge in [0.1, 0.15) is 6.61 Å². The molecule has 23 heavy (non-hydrogen) atoms. The second kappa shape index (κ2) is 5.39. The van der Waals surface area contributed by atoms with E-state index in [1.807, 2.05) is 24.3 Å². The average molecular weight is 308 g/mol. The van der Waals surface area contributed by atoms with Crippen LogP contribution in [0.25, 0.3) is 11.1 Å². The fraction of sp³-hybridized carbons (Fsp3) is 0.316. The summed E-state index contributed by atoms with van der Waals surface area (Å²) >= 11 is 0. The zero-order valence-corrected chi connectivity index (χ0v) is 12.9. The summed E-state index contributed by atoms with van der Waals surface area (Å²) in [7, 11) is 0. The minimum atomic E-state index is -0.386. The lowest BCUT2D eigenvalue weighted by molar-refractivity contribution is 0.142. The van der Waals surface area contributed by atoms with Crippen molar-refractivity contribution < 1.29 is 9.53 Å². The Morgan fingerprint density at radius 1 is 1.09 bits per heavy atom. The highest BCUT2D eigenvalue weighted by Crippen LogP contribution is 2.44. The van der Waals surface area contributed by atoms with Crippen molar-refractivity contribution in [3.8, 4) is 11.1 Å². The molecule has 3 N–H and O–H groups in total. The van der Waals surface area contributed by atoms with Crippen LogP contribution in [0, 0.1) is 0 Å². The van der Waals surface area contributed by atoms with Crippen molar-refractivity contribution in [2.75, 3.05) is 13.2 Å². The molecule has 4 rings (SSSR count). The average Bonchev–Trinajstić information content (AvgIpc) is 3.23. The molecular formula is C19H20N2O2. The Morgan fingerprint density at radius 3 is 2.22 bits per heavy atom. The molecule has 1 amide bonds. The molecule has 0 radical (unpaired) electrons. The number of alkyl carbamates (subject to hydrolysis) is 1. The maximum absolute atomic E-state index is 11.9. The molecule has 0 bridgehead atoms. The number of carbonyl (C=O) groups excluding carboxylic acids is 1. The highest BCUT2D eigenvalue weighted by molar-refractivity contribution is 5.79. The third kappa shape index (κ3) is 2.70. The van der Waals surface area contributed by atoms with Crippen molar-refractivity contribution >= 4 is 6.09 Å². The fourth-order valence-electron chi connectivity index (χ4n) is 3.23. The Bertz CT molecular complexity index is 707. The zero-order valence-electron chi connectivity index (χ0n) is 12.9. The van der Waals surface area contributed by atoms with Gasteiger partial charge in [0.15, 0.2) is 0 Å². The summed E-state index contributed by atoms with van der Waals surface area (Å²) in [5, 5.41) is 2.77. The number of fused-ring (bicyclic) bond motifs is 3. The smallest absolute Gasteiger partial charge is 0.407 e. The van der Waals surface area contributed by atoms with E-state index in [1.54, 1.807) is 0 Å². The van der Waals surface area contributed by atoms with E-state index in [4.69, 9.17) is 10.5 Å². The summed E-state index contributed by atoms with van der Waals surface area (Å²) < 4.78 is 5.46. The normalized spacial score (nSPS) is 17.3. The van der Waals surface area contributed by atoms with Crippen molar-refractivity contribution in [3.05, 3.63) is 59.7 Å². The minimum Gasteiger partial charge on any atom is -0.449 e. The lowest BCUT2D eigenvalue weighted by Crippen LogP contribution is -2.39. The van der Waals surface area contributed by atoms with Crippen LogP contribution in [0.15, 0.2) is 48.5 Å². The number of benzene rings is 2. The number of ether oxygens (including phenoxy) is 1. The number of nitrogens with one attached hydrogen (secondary N) is 1. The van der Waals surface area contributed by atoms with E-state index in [0.29, 0.717) is 13.2 Å². The van der Waals surface area contributed by atoms with Crippen LogP contribution in [0.4, 0.5) is 4.79 Å². The second-order valence-electron chi connectivity index (χ2n) is 6.54. The van der Waals surface area contributed by atoms with Gasteiger partial charge in [0.2, 0.25) is 0 Å². The van der Waals surface area contributed by atoms with Crippen LogP contribution in [0.5, 0.6) is 0 Å². The topological polar surface area (TPSA) is 64.3 Å². The molecule has 2 aromatic rings. The largest absolute Gasteiger partial charge is 0.449 e. The van der Waals surface area contributed by atoms with Crippen LogP contribution in [0.3, 0.4) is 0 Å². The SMILES string of the molecule is NC1(CNC(=O)OCC2c3ccccc3-c3ccccc32)CC1. The summed E-state index contributed by atoms with van der Waals surface area (Å²) in [5.41, 5.74) is 10.7. The van der Waals surface area contributed by atoms with Gasteiger partial charge in [-0.15, -0.1) is 0 Å². The van der Waals surface area contributed by atoms with E-state index in [-0.39, 0.29) is 17.6 Å². The number of nitrogens with two attached hydrogens (primary N) is 1. The second-order valence-corrected chi connectivity index (χ2v) is 6.54. The van der Waals surface area contributed by atoms with E-state index in [9.17, 15) is 4.79 Å². The van der Waals surface area contributed by atoms with E-state index in [2.05, 4.69) is 29.6 Å². The molecule has 2 aliphatic rings. The summed E-state index contributed by atoms with van der Waals surface area (Å²) in [6, 6.07) is 16.6. The van der Waals surface area contributed by atoms with Crippen molar-refractivity contribution in [2.45, 2.75) is 24.3 Å². The number of amides is 1. The van der Waals surface area contributed by atoms with Crippen LogP contribution >= 0.6 is 0 Å². The first-order valence-corrected chi connectivity index (χ1v) is 8.04. The zero-order chi connectivity index (χ0) is 15.9. The molecular weight excluding hydrogens is 288 g/mol. The first-order chi connectivity index (χ1) is 11.2. The summed E-state index contributed by atoms with van der Waals surface area (Å²) in [6.45, 7) is 0.834. The molecule has 0 aliphatic heterocycles. The Balaban J connectivity index is 1.47. The maximum atomic E-state index is 11.9. The summed E-state index contributed by atoms with van der Waals surface area (Å²) in [4.78, 5) is 11.9. The van der Waals surface area contributed by atoms with Crippen LogP contribution in [-0.2, 0) is 4.74 Å². The number of carbonyl (C=O) groups is 1. The van der Waals surface area contributed by atoms with Gasteiger partial charge < -0.3 is 15.8 Å². The van der Waals surface area contributed by atoms with Crippen molar-refractivity contribution in [3.63, 3.8) is 0 Å². The van der Waals surface area contributed by atoms with Crippen LogP contribution < -0.4 is 11.1 Å². The highest BCUT2D eigenvalue weighted by Gasteiger charge is 2.38. The Morgan fingerprint density at radius 2 is 1.65 bits per heavy atom. The van der Waals surface area contributed by atoms with Crippen molar-refractivity contribution in [2.24, 2.45) is 5.73 Å². The van der Waals surface area contributed by atoms with Gasteiger partial charge in [0.05, 0.1) is 0 Å². The molecule has 0 aromatic heterocycles. The van der Waals surface area contributed by atoms with E-state index in [1.165, 1.54) is 22.3 Å². The molecule has 0 spiro atoms. The highest BCUT2D eigenvalue weighted by atomic mass is 16.5. The van der Waals surface area contributed by atoms with Crippen LogP contribution in [-0.4, -0.2) is 24.8 Å². The standard InChI is InChI=1S/C19H20N2O2/c20-19(9-10-19)12-21-18(22)23-11-17-15-7-3-1-5-13(15)14-6-2-4-8-16(14)17/h1-8,17H,9-12,20H2,(H,21,22). The van der Waals surface area contributed by atoms with Crippen molar-refractivity contribution in [1.82, 2.24) is 5.32 Å². The molecule has 2 aliphatic carbocycles. The lowest BCUT2D eigenvalue weighted by Gasteiger charge is -2.15. The van der Waals surface area contributed by atoms with Gasteiger partial charge in [-0.2, -0.15) is 0 Å². The quantitative estimate of drug-likeness (QED) is 0.912. The molecule has 0 heterocycles. The van der Waals surface area contributed by atoms with E-state index in [0.717, 1.165) is 12.8 Å². The Labute approximate surface area is 135 Å². The molecule has 4 heteroatoms. The molecule has 0 atom stereocenters. The molecule has 1 saturated carbocycles. The fourth-order valence-corrected chi connectivity index (χ4v) is 3.23. The van der Waals surface area contributed by atoms with Gasteiger partial charge in [0, 0.05) is 18.0 Å². The minimum absolute atomic E-state index is 0.0981. The first kappa shape index (κ1) is 14.3. The van der Waals surface area contributed by atoms with Crippen LogP contribution in [0.2, 0.25) is 0 Å². The van der Waals surface area contributed by atoms with Gasteiger partial charge >= 0.3 is 6.09 Å². The molecule has 2 aromatic carbocycles. The van der Waals surface area contributed by atoms with Gasteiger partial charge in [-0.25, -0.2) is 4.79 Å². The van der Waals surface area contributed by atoms with Crippen molar-refractivity contribution in [1.29, 1.82) is 0 Å². The summed E-state index contributed by atoms with van der Waals surface area (Å²) in [5.74, 6) is 0.0981. The Hall–Kier alpha value is -2.33. The first-order valence-electron chi connectivity index (χ1n) is 8.04.